The minimum atomic E-state index is -0.661. The molecule has 2 aromatic rings. The van der Waals surface area contributed by atoms with Gasteiger partial charge in [-0.3, -0.25) is 9.78 Å². The van der Waals surface area contributed by atoms with E-state index in [9.17, 15) is 14.0 Å². The second kappa shape index (κ2) is 7.81. The second-order valence-electron chi connectivity index (χ2n) is 5.98. The number of urea groups is 1. The number of rotatable bonds is 4. The van der Waals surface area contributed by atoms with Crippen LogP contribution in [0.25, 0.3) is 0 Å². The number of aryl methyl sites for hydroxylation is 1. The van der Waals surface area contributed by atoms with Gasteiger partial charge < -0.3 is 20.7 Å². The van der Waals surface area contributed by atoms with Crippen LogP contribution in [0.1, 0.15) is 18.5 Å². The zero-order valence-electron chi connectivity index (χ0n) is 14.2. The Balaban J connectivity index is 1.65. The molecule has 0 bridgehead atoms. The number of piperidine rings is 1. The predicted octanol–water partition coefficient (Wildman–Crippen LogP) is 2.83. The highest BCUT2D eigenvalue weighted by Crippen LogP contribution is 2.23. The molecule has 0 saturated carbocycles. The molecule has 1 aromatic heterocycles. The maximum atomic E-state index is 13.8. The Morgan fingerprint density at radius 2 is 2.08 bits per heavy atom. The first-order valence-electron chi connectivity index (χ1n) is 8.25. The number of aromatic nitrogens is 1. The van der Waals surface area contributed by atoms with Crippen LogP contribution in [0.4, 0.5) is 20.6 Å². The van der Waals surface area contributed by atoms with Gasteiger partial charge in [-0.15, -0.1) is 0 Å². The molecule has 1 fully saturated rings. The molecule has 1 saturated heterocycles. The maximum absolute atomic E-state index is 13.8. The van der Waals surface area contributed by atoms with Crippen LogP contribution in [0.15, 0.2) is 36.5 Å². The number of hydrogen-bond donors (Lipinski definition) is 3. The van der Waals surface area contributed by atoms with Crippen LogP contribution in [0.3, 0.4) is 0 Å². The molecule has 136 valence electrons. The zero-order chi connectivity index (χ0) is 18.5. The van der Waals surface area contributed by atoms with Crippen LogP contribution in [0.2, 0.25) is 0 Å². The summed E-state index contributed by atoms with van der Waals surface area (Å²) in [6.07, 6.45) is 2.22. The van der Waals surface area contributed by atoms with E-state index in [2.05, 4.69) is 20.9 Å². The molecule has 2 heterocycles. The highest BCUT2D eigenvalue weighted by Gasteiger charge is 2.24. The summed E-state index contributed by atoms with van der Waals surface area (Å²) in [5.41, 5.74) is 1.56. The smallest absolute Gasteiger partial charge is 0.323 e. The fraction of sp³-hybridized carbons (Fsp3) is 0.278. The number of carbonyl (C=O) groups is 2. The van der Waals surface area contributed by atoms with Crippen molar-refractivity contribution in [2.24, 2.45) is 0 Å². The van der Waals surface area contributed by atoms with E-state index in [1.54, 1.807) is 12.1 Å². The van der Waals surface area contributed by atoms with Gasteiger partial charge in [-0.05, 0) is 38.0 Å². The minimum Gasteiger partial charge on any atom is -0.480 e. The van der Waals surface area contributed by atoms with Crippen molar-refractivity contribution in [1.29, 1.82) is 0 Å². The molecule has 1 aliphatic heterocycles. The average molecular weight is 358 g/mol. The van der Waals surface area contributed by atoms with Gasteiger partial charge in [-0.25, -0.2) is 9.18 Å². The first kappa shape index (κ1) is 17.7. The molecule has 26 heavy (non-hydrogen) atoms. The lowest BCUT2D eigenvalue weighted by Gasteiger charge is -2.23. The second-order valence-corrected chi connectivity index (χ2v) is 5.98. The van der Waals surface area contributed by atoms with Crippen LogP contribution in [0, 0.1) is 12.7 Å². The summed E-state index contributed by atoms with van der Waals surface area (Å²) >= 11 is 0. The van der Waals surface area contributed by atoms with Crippen LogP contribution in [-0.4, -0.2) is 29.6 Å². The van der Waals surface area contributed by atoms with Gasteiger partial charge in [0.25, 0.3) is 5.91 Å². The number of benzene rings is 1. The van der Waals surface area contributed by atoms with Crippen LogP contribution in [0.5, 0.6) is 5.75 Å². The SMILES string of the molecule is Cc1ccc(NC(=O)Nc2cc(F)cc(OC3CCCNC3=O)c2)cn1. The summed E-state index contributed by atoms with van der Waals surface area (Å²) in [7, 11) is 0. The average Bonchev–Trinajstić information content (AvgIpc) is 2.58. The first-order chi connectivity index (χ1) is 12.5. The van der Waals surface area contributed by atoms with Gasteiger partial charge in [-0.1, -0.05) is 0 Å². The number of ether oxygens (including phenoxy) is 1. The molecule has 0 radical (unpaired) electrons. The van der Waals surface area contributed by atoms with Gasteiger partial charge in [0, 0.05) is 30.1 Å². The molecule has 1 unspecified atom stereocenters. The third-order valence-corrected chi connectivity index (χ3v) is 3.81. The van der Waals surface area contributed by atoms with E-state index in [-0.39, 0.29) is 17.3 Å². The van der Waals surface area contributed by atoms with Gasteiger partial charge in [0.1, 0.15) is 11.6 Å². The van der Waals surface area contributed by atoms with Gasteiger partial charge in [0.15, 0.2) is 6.10 Å². The van der Waals surface area contributed by atoms with E-state index in [1.807, 2.05) is 6.92 Å². The molecule has 3 N–H and O–H groups in total. The summed E-state index contributed by atoms with van der Waals surface area (Å²) in [5.74, 6) is -0.620. The first-order valence-corrected chi connectivity index (χ1v) is 8.25. The highest BCUT2D eigenvalue weighted by atomic mass is 19.1. The Kier molecular flexibility index (Phi) is 5.31. The fourth-order valence-electron chi connectivity index (χ4n) is 2.56. The van der Waals surface area contributed by atoms with Crippen molar-refractivity contribution in [3.8, 4) is 5.75 Å². The number of nitrogens with zero attached hydrogens (tertiary/aromatic N) is 1. The summed E-state index contributed by atoms with van der Waals surface area (Å²) in [5, 5.41) is 7.84. The molecule has 3 amide bonds. The molecular weight excluding hydrogens is 339 g/mol. The van der Waals surface area contributed by atoms with Crippen molar-refractivity contribution in [2.75, 3.05) is 17.2 Å². The lowest BCUT2D eigenvalue weighted by molar-refractivity contribution is -0.129. The van der Waals surface area contributed by atoms with Crippen LogP contribution in [-0.2, 0) is 4.79 Å². The lowest BCUT2D eigenvalue weighted by atomic mass is 10.1. The third-order valence-electron chi connectivity index (χ3n) is 3.81. The Morgan fingerprint density at radius 1 is 1.27 bits per heavy atom. The monoisotopic (exact) mass is 358 g/mol. The van der Waals surface area contributed by atoms with Crippen molar-refractivity contribution >= 4 is 23.3 Å². The Hall–Kier alpha value is -3.16. The fourth-order valence-corrected chi connectivity index (χ4v) is 2.56. The van der Waals surface area contributed by atoms with E-state index in [0.717, 1.165) is 12.1 Å². The summed E-state index contributed by atoms with van der Waals surface area (Å²) < 4.78 is 19.4. The number of pyridine rings is 1. The molecular formula is C18H19FN4O3. The van der Waals surface area contributed by atoms with E-state index in [4.69, 9.17) is 4.74 Å². The standard InChI is InChI=1S/C18H19FN4O3/c1-11-4-5-13(10-21-11)22-18(25)23-14-7-12(19)8-15(9-14)26-16-3-2-6-20-17(16)24/h4-5,7-10,16H,2-3,6H2,1H3,(H,20,24)(H2,22,23,25). The Morgan fingerprint density at radius 3 is 2.81 bits per heavy atom. The topological polar surface area (TPSA) is 92.4 Å². The van der Waals surface area contributed by atoms with E-state index < -0.39 is 18.0 Å². The van der Waals surface area contributed by atoms with Crippen molar-refractivity contribution < 1.29 is 18.7 Å². The lowest BCUT2D eigenvalue weighted by Crippen LogP contribution is -2.43. The molecule has 8 heteroatoms. The van der Waals surface area contributed by atoms with E-state index in [0.29, 0.717) is 18.7 Å². The number of halogens is 1. The summed E-state index contributed by atoms with van der Waals surface area (Å²) in [6.45, 7) is 2.45. The summed E-state index contributed by atoms with van der Waals surface area (Å²) in [4.78, 5) is 27.9. The number of nitrogens with one attached hydrogen (secondary N) is 3. The molecule has 1 aliphatic rings. The number of carbonyl (C=O) groups excluding carboxylic acids is 2. The minimum absolute atomic E-state index is 0.180. The predicted molar refractivity (Wildman–Crippen MR) is 94.7 cm³/mol. The third kappa shape index (κ3) is 4.69. The van der Waals surface area contributed by atoms with Crippen molar-refractivity contribution in [3.63, 3.8) is 0 Å². The van der Waals surface area contributed by atoms with Gasteiger partial charge >= 0.3 is 6.03 Å². The molecule has 1 atom stereocenters. The highest BCUT2D eigenvalue weighted by molar-refractivity contribution is 5.99. The van der Waals surface area contributed by atoms with Crippen molar-refractivity contribution in [1.82, 2.24) is 10.3 Å². The number of anilines is 2. The van der Waals surface area contributed by atoms with E-state index >= 15 is 0 Å². The van der Waals surface area contributed by atoms with Crippen molar-refractivity contribution in [3.05, 3.63) is 48.0 Å². The van der Waals surface area contributed by atoms with E-state index in [1.165, 1.54) is 24.4 Å². The molecule has 0 spiro atoms. The van der Waals surface area contributed by atoms with Crippen LogP contribution < -0.4 is 20.7 Å². The molecule has 1 aromatic carbocycles. The molecule has 3 rings (SSSR count). The number of hydrogen-bond acceptors (Lipinski definition) is 4. The summed E-state index contributed by atoms with van der Waals surface area (Å²) in [6, 6.07) is 6.75. The van der Waals surface area contributed by atoms with Gasteiger partial charge in [0.05, 0.1) is 11.9 Å². The number of amides is 3. The Labute approximate surface area is 150 Å². The largest absolute Gasteiger partial charge is 0.480 e. The molecule has 7 nitrogen and oxygen atoms in total. The van der Waals surface area contributed by atoms with Crippen molar-refractivity contribution in [2.45, 2.75) is 25.9 Å². The zero-order valence-corrected chi connectivity index (χ0v) is 14.2. The quantitative estimate of drug-likeness (QED) is 0.784. The normalized spacial score (nSPS) is 16.5. The Bertz CT molecular complexity index is 811. The van der Waals surface area contributed by atoms with Crippen LogP contribution >= 0.6 is 0 Å². The van der Waals surface area contributed by atoms with Gasteiger partial charge in [-0.2, -0.15) is 0 Å². The van der Waals surface area contributed by atoms with Gasteiger partial charge in [0.2, 0.25) is 0 Å². The maximum Gasteiger partial charge on any atom is 0.323 e. The molecule has 0 aliphatic carbocycles.